The van der Waals surface area contributed by atoms with Crippen molar-refractivity contribution in [2.45, 2.75) is 6.54 Å². The maximum Gasteiger partial charge on any atom is 0.304 e. The molecule has 0 heterocycles. The molecule has 0 aromatic heterocycles. The SMILES string of the molecule is NCc1ccc([N+](=O)[O-])c(F)c1. The summed E-state index contributed by atoms with van der Waals surface area (Å²) in [5.41, 5.74) is 5.23. The molecule has 0 aliphatic rings. The van der Waals surface area contributed by atoms with Crippen LogP contribution in [0.15, 0.2) is 18.2 Å². The Hall–Kier alpha value is -1.49. The van der Waals surface area contributed by atoms with E-state index in [-0.39, 0.29) is 6.54 Å². The lowest BCUT2D eigenvalue weighted by Crippen LogP contribution is -1.98. The van der Waals surface area contributed by atoms with Crippen LogP contribution in [-0.2, 0) is 6.54 Å². The van der Waals surface area contributed by atoms with E-state index in [0.29, 0.717) is 5.56 Å². The van der Waals surface area contributed by atoms with E-state index in [2.05, 4.69) is 0 Å². The Balaban J connectivity index is 3.12. The van der Waals surface area contributed by atoms with Gasteiger partial charge in [0.2, 0.25) is 5.82 Å². The lowest BCUT2D eigenvalue weighted by molar-refractivity contribution is -0.387. The summed E-state index contributed by atoms with van der Waals surface area (Å²) < 4.78 is 12.8. The smallest absolute Gasteiger partial charge is 0.304 e. The van der Waals surface area contributed by atoms with E-state index >= 15 is 0 Å². The van der Waals surface area contributed by atoms with Crippen LogP contribution in [-0.4, -0.2) is 4.92 Å². The summed E-state index contributed by atoms with van der Waals surface area (Å²) in [6.07, 6.45) is 0. The lowest BCUT2D eigenvalue weighted by Gasteiger charge is -1.96. The highest BCUT2D eigenvalue weighted by Crippen LogP contribution is 2.17. The number of nitrogens with zero attached hydrogens (tertiary/aromatic N) is 1. The van der Waals surface area contributed by atoms with Gasteiger partial charge in [0.25, 0.3) is 0 Å². The van der Waals surface area contributed by atoms with Gasteiger partial charge < -0.3 is 5.73 Å². The first kappa shape index (κ1) is 8.61. The highest BCUT2D eigenvalue weighted by Gasteiger charge is 2.12. The Morgan fingerprint density at radius 2 is 2.25 bits per heavy atom. The van der Waals surface area contributed by atoms with Crippen molar-refractivity contribution in [2.24, 2.45) is 5.73 Å². The summed E-state index contributed by atoms with van der Waals surface area (Å²) >= 11 is 0. The van der Waals surface area contributed by atoms with E-state index in [4.69, 9.17) is 5.73 Å². The molecule has 0 aliphatic carbocycles. The standard InChI is InChI=1S/C7H7FN2O2/c8-6-3-5(4-9)1-2-7(6)10(11)12/h1-3H,4,9H2. The van der Waals surface area contributed by atoms with Crippen LogP contribution in [0.3, 0.4) is 0 Å². The van der Waals surface area contributed by atoms with Crippen molar-refractivity contribution in [2.75, 3.05) is 0 Å². The molecule has 1 rings (SSSR count). The van der Waals surface area contributed by atoms with Gasteiger partial charge in [0.05, 0.1) is 4.92 Å². The summed E-state index contributed by atoms with van der Waals surface area (Å²) in [6, 6.07) is 3.61. The number of nitro benzene ring substituents is 1. The molecule has 0 unspecified atom stereocenters. The van der Waals surface area contributed by atoms with Crippen molar-refractivity contribution in [3.05, 3.63) is 39.7 Å². The summed E-state index contributed by atoms with van der Waals surface area (Å²) in [5.74, 6) is -0.844. The van der Waals surface area contributed by atoms with Gasteiger partial charge in [-0.3, -0.25) is 10.1 Å². The third-order valence-corrected chi connectivity index (χ3v) is 1.44. The topological polar surface area (TPSA) is 69.2 Å². The molecule has 0 aliphatic heterocycles. The van der Waals surface area contributed by atoms with Gasteiger partial charge >= 0.3 is 5.69 Å². The fourth-order valence-electron chi connectivity index (χ4n) is 0.825. The molecular formula is C7H7FN2O2. The van der Waals surface area contributed by atoms with E-state index in [1.807, 2.05) is 0 Å². The van der Waals surface area contributed by atoms with Gasteiger partial charge in [0.1, 0.15) is 0 Å². The number of halogens is 1. The number of nitro groups is 1. The van der Waals surface area contributed by atoms with E-state index in [9.17, 15) is 14.5 Å². The lowest BCUT2D eigenvalue weighted by atomic mass is 10.2. The van der Waals surface area contributed by atoms with Crippen LogP contribution in [0.1, 0.15) is 5.56 Å². The van der Waals surface area contributed by atoms with Gasteiger partial charge in [-0.1, -0.05) is 6.07 Å². The molecule has 12 heavy (non-hydrogen) atoms. The van der Waals surface area contributed by atoms with Crippen LogP contribution < -0.4 is 5.73 Å². The number of hydrogen-bond acceptors (Lipinski definition) is 3. The molecule has 0 bridgehead atoms. The maximum absolute atomic E-state index is 12.8. The zero-order valence-corrected chi connectivity index (χ0v) is 6.16. The van der Waals surface area contributed by atoms with Crippen molar-refractivity contribution in [3.63, 3.8) is 0 Å². The largest absolute Gasteiger partial charge is 0.326 e. The Bertz CT molecular complexity index is 314. The van der Waals surface area contributed by atoms with Crippen molar-refractivity contribution in [1.29, 1.82) is 0 Å². The Morgan fingerprint density at radius 3 is 2.67 bits per heavy atom. The fourth-order valence-corrected chi connectivity index (χ4v) is 0.825. The summed E-state index contributed by atoms with van der Waals surface area (Å²) in [6.45, 7) is 0.176. The molecule has 0 atom stereocenters. The number of benzene rings is 1. The molecule has 64 valence electrons. The van der Waals surface area contributed by atoms with Crippen LogP contribution in [0.25, 0.3) is 0 Å². The number of rotatable bonds is 2. The molecule has 1 aromatic rings. The van der Waals surface area contributed by atoms with Gasteiger partial charge in [0, 0.05) is 12.6 Å². The monoisotopic (exact) mass is 170 g/mol. The Morgan fingerprint density at radius 1 is 1.58 bits per heavy atom. The normalized spacial score (nSPS) is 9.83. The van der Waals surface area contributed by atoms with Crippen LogP contribution >= 0.6 is 0 Å². The van der Waals surface area contributed by atoms with Crippen LogP contribution in [0, 0.1) is 15.9 Å². The zero-order valence-electron chi connectivity index (χ0n) is 6.16. The molecule has 0 amide bonds. The molecule has 5 heteroatoms. The van der Waals surface area contributed by atoms with Crippen molar-refractivity contribution in [3.8, 4) is 0 Å². The van der Waals surface area contributed by atoms with Crippen LogP contribution in [0.4, 0.5) is 10.1 Å². The van der Waals surface area contributed by atoms with Crippen molar-refractivity contribution >= 4 is 5.69 Å². The minimum absolute atomic E-state index is 0.176. The molecular weight excluding hydrogens is 163 g/mol. The predicted molar refractivity (Wildman–Crippen MR) is 40.9 cm³/mol. The quantitative estimate of drug-likeness (QED) is 0.535. The summed E-state index contributed by atoms with van der Waals surface area (Å²) in [7, 11) is 0. The fraction of sp³-hybridized carbons (Fsp3) is 0.143. The molecule has 0 saturated heterocycles. The molecule has 0 fully saturated rings. The van der Waals surface area contributed by atoms with E-state index in [1.165, 1.54) is 6.07 Å². The molecule has 0 radical (unpaired) electrons. The summed E-state index contributed by atoms with van der Waals surface area (Å²) in [4.78, 5) is 9.39. The first-order valence-electron chi connectivity index (χ1n) is 3.28. The predicted octanol–water partition coefficient (Wildman–Crippen LogP) is 1.19. The van der Waals surface area contributed by atoms with Crippen molar-refractivity contribution < 1.29 is 9.31 Å². The second-order valence-electron chi connectivity index (χ2n) is 2.25. The molecule has 0 saturated carbocycles. The van der Waals surface area contributed by atoms with Crippen LogP contribution in [0.2, 0.25) is 0 Å². The van der Waals surface area contributed by atoms with Gasteiger partial charge in [-0.25, -0.2) is 0 Å². The summed E-state index contributed by atoms with van der Waals surface area (Å²) in [5, 5.41) is 10.2. The second kappa shape index (κ2) is 3.27. The maximum atomic E-state index is 12.8. The zero-order chi connectivity index (χ0) is 9.14. The Labute approximate surface area is 68.0 Å². The van der Waals surface area contributed by atoms with Gasteiger partial charge in [-0.05, 0) is 11.6 Å². The molecule has 1 aromatic carbocycles. The Kier molecular flexibility index (Phi) is 2.35. The first-order valence-corrected chi connectivity index (χ1v) is 3.28. The minimum atomic E-state index is -0.844. The average Bonchev–Trinajstić information content (AvgIpc) is 2.03. The molecule has 2 N–H and O–H groups in total. The first-order chi connectivity index (χ1) is 5.65. The van der Waals surface area contributed by atoms with Gasteiger partial charge in [0.15, 0.2) is 0 Å². The highest BCUT2D eigenvalue weighted by molar-refractivity contribution is 5.34. The number of hydrogen-bond donors (Lipinski definition) is 1. The van der Waals surface area contributed by atoms with E-state index in [0.717, 1.165) is 12.1 Å². The van der Waals surface area contributed by atoms with E-state index in [1.54, 1.807) is 0 Å². The second-order valence-corrected chi connectivity index (χ2v) is 2.25. The number of nitrogens with two attached hydrogens (primary N) is 1. The third-order valence-electron chi connectivity index (χ3n) is 1.44. The van der Waals surface area contributed by atoms with Gasteiger partial charge in [-0.2, -0.15) is 4.39 Å². The average molecular weight is 170 g/mol. The van der Waals surface area contributed by atoms with E-state index < -0.39 is 16.4 Å². The van der Waals surface area contributed by atoms with Crippen LogP contribution in [0.5, 0.6) is 0 Å². The minimum Gasteiger partial charge on any atom is -0.326 e. The third kappa shape index (κ3) is 1.57. The highest BCUT2D eigenvalue weighted by atomic mass is 19.1. The molecule has 4 nitrogen and oxygen atoms in total. The van der Waals surface area contributed by atoms with Gasteiger partial charge in [-0.15, -0.1) is 0 Å². The molecule has 0 spiro atoms. The van der Waals surface area contributed by atoms with Crippen molar-refractivity contribution in [1.82, 2.24) is 0 Å².